The number of nitrogens with zero attached hydrogens (tertiary/aromatic N) is 2. The van der Waals surface area contributed by atoms with Crippen molar-refractivity contribution in [1.29, 1.82) is 0 Å². The molecule has 3 rings (SSSR count). The fourth-order valence-corrected chi connectivity index (χ4v) is 3.70. The molecule has 0 amide bonds. The van der Waals surface area contributed by atoms with Crippen LogP contribution in [-0.4, -0.2) is 43.8 Å². The molecule has 2 aromatic rings. The van der Waals surface area contributed by atoms with Crippen LogP contribution in [0.5, 0.6) is 0 Å². The van der Waals surface area contributed by atoms with Crippen LogP contribution in [0.3, 0.4) is 0 Å². The number of aliphatic imine (C=N–C) groups is 1. The van der Waals surface area contributed by atoms with E-state index in [-0.39, 0.29) is 5.84 Å². The Balaban J connectivity index is 1.85. The minimum Gasteiger partial charge on any atom is -0.368 e. The van der Waals surface area contributed by atoms with Crippen LogP contribution in [0.4, 0.5) is 20.3 Å². The molecule has 1 aliphatic rings. The molecule has 3 N–H and O–H groups in total. The number of hydrogen-bond donors (Lipinski definition) is 3. The van der Waals surface area contributed by atoms with Crippen molar-refractivity contribution in [3.63, 3.8) is 0 Å². The summed E-state index contributed by atoms with van der Waals surface area (Å²) < 4.78 is 27.1. The number of nitrogens with one attached hydrogen (secondary N) is 3. The first kappa shape index (κ1) is 23.7. The van der Waals surface area contributed by atoms with Gasteiger partial charge in [0, 0.05) is 25.2 Å². The Morgan fingerprint density at radius 3 is 2.69 bits per heavy atom. The third-order valence-electron chi connectivity index (χ3n) is 5.40. The Kier molecular flexibility index (Phi) is 9.06. The number of amidine groups is 1. The Bertz CT molecular complexity index is 933. The van der Waals surface area contributed by atoms with Crippen molar-refractivity contribution in [1.82, 2.24) is 15.8 Å². The Labute approximate surface area is 186 Å². The van der Waals surface area contributed by atoms with Crippen LogP contribution in [0.25, 0.3) is 11.3 Å². The molecule has 1 fully saturated rings. The van der Waals surface area contributed by atoms with Crippen LogP contribution in [0.1, 0.15) is 32.1 Å². The van der Waals surface area contributed by atoms with E-state index < -0.39 is 11.6 Å². The van der Waals surface area contributed by atoms with Crippen LogP contribution >= 0.6 is 0 Å². The lowest BCUT2D eigenvalue weighted by Gasteiger charge is -2.22. The predicted octanol–water partition coefficient (Wildman–Crippen LogP) is 3.99. The summed E-state index contributed by atoms with van der Waals surface area (Å²) in [5.74, 6) is -0.645. The minimum absolute atomic E-state index is 0.158. The summed E-state index contributed by atoms with van der Waals surface area (Å²) in [5.41, 5.74) is 4.11. The first-order valence-electron chi connectivity index (χ1n) is 10.8. The highest BCUT2D eigenvalue weighted by atomic mass is 19.2. The van der Waals surface area contributed by atoms with E-state index in [1.54, 1.807) is 12.1 Å². The Morgan fingerprint density at radius 1 is 1.16 bits per heavy atom. The zero-order valence-corrected chi connectivity index (χ0v) is 18.2. The lowest BCUT2D eigenvalue weighted by Crippen LogP contribution is -2.32. The molecule has 7 nitrogen and oxygen atoms in total. The molecule has 9 heteroatoms. The van der Waals surface area contributed by atoms with Crippen molar-refractivity contribution in [2.45, 2.75) is 32.1 Å². The van der Waals surface area contributed by atoms with Gasteiger partial charge in [-0.05, 0) is 49.1 Å². The van der Waals surface area contributed by atoms with Gasteiger partial charge in [-0.2, -0.15) is 0 Å². The number of hydroxylamine groups is 1. The van der Waals surface area contributed by atoms with E-state index in [0.717, 1.165) is 31.5 Å². The molecule has 1 saturated carbocycles. The fourth-order valence-electron chi connectivity index (χ4n) is 3.70. The van der Waals surface area contributed by atoms with Crippen molar-refractivity contribution in [2.24, 2.45) is 10.9 Å². The van der Waals surface area contributed by atoms with E-state index in [1.807, 2.05) is 0 Å². The fraction of sp³-hybridized carbons (Fsp3) is 0.435. The lowest BCUT2D eigenvalue weighted by atomic mass is 9.89. The number of carbonyl (C=O) groups is 1. The van der Waals surface area contributed by atoms with Crippen molar-refractivity contribution < 1.29 is 18.4 Å². The second-order valence-electron chi connectivity index (χ2n) is 7.72. The first-order chi connectivity index (χ1) is 15.6. The summed E-state index contributed by atoms with van der Waals surface area (Å²) in [5, 5.41) is 6.30. The van der Waals surface area contributed by atoms with Gasteiger partial charge >= 0.3 is 0 Å². The van der Waals surface area contributed by atoms with E-state index in [9.17, 15) is 13.6 Å². The molecule has 1 heterocycles. The number of rotatable bonds is 10. The van der Waals surface area contributed by atoms with Gasteiger partial charge in [-0.15, -0.1) is 0 Å². The molecule has 0 bridgehead atoms. The monoisotopic (exact) mass is 445 g/mol. The standard InChI is InChI=1S/C23H29F2N5O2/c1-32-28-12-11-26-22(15-31)29-21-10-9-20(17-7-8-18(24)19(25)13-17)30-23(21)27-14-16-5-3-2-4-6-16/h7-10,13,15-16,28H,2-6,11-12,14H2,1H3,(H,26,29)(H,27,30). The van der Waals surface area contributed by atoms with E-state index in [4.69, 9.17) is 4.84 Å². The minimum atomic E-state index is -0.930. The molecule has 0 radical (unpaired) electrons. The first-order valence-corrected chi connectivity index (χ1v) is 10.8. The van der Waals surface area contributed by atoms with Crippen LogP contribution < -0.4 is 16.1 Å². The van der Waals surface area contributed by atoms with E-state index in [0.29, 0.717) is 48.1 Å². The molecule has 32 heavy (non-hydrogen) atoms. The summed E-state index contributed by atoms with van der Waals surface area (Å²) in [7, 11) is 1.51. The third kappa shape index (κ3) is 6.80. The Morgan fingerprint density at radius 2 is 1.97 bits per heavy atom. The molecule has 0 saturated heterocycles. The number of carbonyl (C=O) groups excluding carboxylic acids is 1. The quantitative estimate of drug-likeness (QED) is 0.169. The molecule has 0 unspecified atom stereocenters. The number of pyridine rings is 1. The van der Waals surface area contributed by atoms with Crippen LogP contribution in [0, 0.1) is 17.6 Å². The lowest BCUT2D eigenvalue weighted by molar-refractivity contribution is -0.102. The molecule has 1 aromatic heterocycles. The number of anilines is 1. The average Bonchev–Trinajstić information content (AvgIpc) is 2.82. The van der Waals surface area contributed by atoms with Crippen molar-refractivity contribution >= 4 is 23.6 Å². The largest absolute Gasteiger partial charge is 0.368 e. The van der Waals surface area contributed by atoms with Crippen LogP contribution in [0.15, 0.2) is 35.3 Å². The number of halogens is 2. The summed E-state index contributed by atoms with van der Waals surface area (Å²) in [4.78, 5) is 25.3. The van der Waals surface area contributed by atoms with E-state index >= 15 is 0 Å². The normalized spacial score (nSPS) is 14.9. The second-order valence-corrected chi connectivity index (χ2v) is 7.72. The highest BCUT2D eigenvalue weighted by molar-refractivity contribution is 6.27. The molecule has 1 aliphatic carbocycles. The Hall–Kier alpha value is -2.91. The SMILES string of the molecule is CONCCN/C(C=O)=N/c1ccc(-c2ccc(F)c(F)c2)nc1NCC1CCCCC1. The van der Waals surface area contributed by atoms with Gasteiger partial charge in [0.1, 0.15) is 5.69 Å². The maximum absolute atomic E-state index is 13.7. The molecule has 0 atom stereocenters. The predicted molar refractivity (Wildman–Crippen MR) is 121 cm³/mol. The highest BCUT2D eigenvalue weighted by Crippen LogP contribution is 2.30. The van der Waals surface area contributed by atoms with E-state index in [1.165, 1.54) is 32.4 Å². The average molecular weight is 446 g/mol. The van der Waals surface area contributed by atoms with Crippen LogP contribution in [-0.2, 0) is 9.63 Å². The maximum Gasteiger partial charge on any atom is 0.185 e. The number of aldehydes is 1. The molecular formula is C23H29F2N5O2. The molecular weight excluding hydrogens is 416 g/mol. The highest BCUT2D eigenvalue weighted by Gasteiger charge is 2.15. The van der Waals surface area contributed by atoms with Crippen molar-refractivity contribution in [3.05, 3.63) is 42.0 Å². The molecule has 1 aromatic carbocycles. The van der Waals surface area contributed by atoms with Gasteiger partial charge in [-0.3, -0.25) is 4.79 Å². The van der Waals surface area contributed by atoms with Gasteiger partial charge < -0.3 is 15.5 Å². The van der Waals surface area contributed by atoms with Gasteiger partial charge in [0.25, 0.3) is 0 Å². The van der Waals surface area contributed by atoms with Gasteiger partial charge in [-0.25, -0.2) is 24.2 Å². The van der Waals surface area contributed by atoms with Crippen molar-refractivity contribution in [2.75, 3.05) is 32.1 Å². The third-order valence-corrected chi connectivity index (χ3v) is 5.40. The van der Waals surface area contributed by atoms with Gasteiger partial charge in [0.15, 0.2) is 29.6 Å². The van der Waals surface area contributed by atoms with Crippen LogP contribution in [0.2, 0.25) is 0 Å². The smallest absolute Gasteiger partial charge is 0.185 e. The van der Waals surface area contributed by atoms with Gasteiger partial charge in [-0.1, -0.05) is 19.3 Å². The summed E-state index contributed by atoms with van der Waals surface area (Å²) >= 11 is 0. The molecule has 0 aliphatic heterocycles. The zero-order valence-electron chi connectivity index (χ0n) is 18.2. The summed E-state index contributed by atoms with van der Waals surface area (Å²) in [6.45, 7) is 1.67. The number of benzene rings is 1. The van der Waals surface area contributed by atoms with E-state index in [2.05, 4.69) is 26.1 Å². The summed E-state index contributed by atoms with van der Waals surface area (Å²) in [6.07, 6.45) is 6.65. The summed E-state index contributed by atoms with van der Waals surface area (Å²) in [6, 6.07) is 7.07. The van der Waals surface area contributed by atoms with Gasteiger partial charge in [0.2, 0.25) is 0 Å². The second kappa shape index (κ2) is 12.2. The van der Waals surface area contributed by atoms with Crippen molar-refractivity contribution in [3.8, 4) is 11.3 Å². The number of aromatic nitrogens is 1. The molecule has 172 valence electrons. The topological polar surface area (TPSA) is 87.6 Å². The number of hydrogen-bond acceptors (Lipinski definition) is 6. The maximum atomic E-state index is 13.7. The molecule has 0 spiro atoms. The van der Waals surface area contributed by atoms with Gasteiger partial charge in [0.05, 0.1) is 12.8 Å². The zero-order chi connectivity index (χ0) is 22.8.